The molecule has 0 aliphatic carbocycles. The summed E-state index contributed by atoms with van der Waals surface area (Å²) in [4.78, 5) is 0. The minimum atomic E-state index is 0.380. The molecular weight excluding hydrogens is 160 g/mol. The van der Waals surface area contributed by atoms with Crippen molar-refractivity contribution in [2.75, 3.05) is 0 Å². The van der Waals surface area contributed by atoms with Crippen LogP contribution in [0.3, 0.4) is 0 Å². The molecule has 1 aliphatic heterocycles. The van der Waals surface area contributed by atoms with Gasteiger partial charge in [0.1, 0.15) is 0 Å². The van der Waals surface area contributed by atoms with Gasteiger partial charge >= 0.3 is 0 Å². The first-order valence-corrected chi connectivity index (χ1v) is 14.6. The lowest BCUT2D eigenvalue weighted by Crippen LogP contribution is -2.05. The zero-order valence-electron chi connectivity index (χ0n) is 5.14. The van der Waals surface area contributed by atoms with Gasteiger partial charge in [-0.1, -0.05) is 0 Å². The summed E-state index contributed by atoms with van der Waals surface area (Å²) in [5.41, 5.74) is 10.3. The molecule has 1 rings (SSSR count). The molecule has 44 valence electrons. The lowest BCUT2D eigenvalue weighted by Gasteiger charge is -1.89. The fraction of sp³-hybridized carbons (Fsp3) is 0. The average molecular weight is 172 g/mol. The van der Waals surface area contributed by atoms with E-state index in [1.54, 1.807) is 0 Å². The molecular formula is C4H12Si4. The Morgan fingerprint density at radius 3 is 1.00 bits per heavy atom. The zero-order valence-corrected chi connectivity index (χ0v) is 10.8. The van der Waals surface area contributed by atoms with Crippen LogP contribution in [0.25, 0.3) is 0 Å². The van der Waals surface area contributed by atoms with Gasteiger partial charge in [0.2, 0.25) is 0 Å². The Kier molecular flexibility index (Phi) is 3.43. The molecule has 0 spiro atoms. The fourth-order valence-corrected chi connectivity index (χ4v) is 16.2. The van der Waals surface area contributed by atoms with Crippen molar-refractivity contribution in [3.63, 3.8) is 0 Å². The maximum Gasteiger partial charge on any atom is 0.0368 e. The molecule has 0 saturated heterocycles. The highest BCUT2D eigenvalue weighted by atomic mass is 29.1. The summed E-state index contributed by atoms with van der Waals surface area (Å²) in [5, 5.41) is 0. The van der Waals surface area contributed by atoms with Crippen molar-refractivity contribution >= 4 is 36.1 Å². The summed E-state index contributed by atoms with van der Waals surface area (Å²) < 4.78 is 0. The predicted octanol–water partition coefficient (Wildman–Crippen LogP) is -2.55. The van der Waals surface area contributed by atoms with Crippen molar-refractivity contribution in [3.8, 4) is 0 Å². The van der Waals surface area contributed by atoms with Crippen LogP contribution < -0.4 is 0 Å². The van der Waals surface area contributed by atoms with Crippen molar-refractivity contribution in [2.45, 2.75) is 0 Å². The van der Waals surface area contributed by atoms with Gasteiger partial charge in [0.25, 0.3) is 0 Å². The summed E-state index contributed by atoms with van der Waals surface area (Å²) in [6, 6.07) is 0. The average Bonchev–Trinajstić information content (AvgIpc) is 1.62. The summed E-state index contributed by atoms with van der Waals surface area (Å²) in [7, 11) is 1.52. The Labute approximate surface area is 59.3 Å². The highest BCUT2D eigenvalue weighted by Crippen LogP contribution is 1.75. The Morgan fingerprint density at radius 1 is 0.500 bits per heavy atom. The van der Waals surface area contributed by atoms with Crippen molar-refractivity contribution in [1.82, 2.24) is 0 Å². The van der Waals surface area contributed by atoms with E-state index >= 15 is 0 Å². The van der Waals surface area contributed by atoms with Gasteiger partial charge < -0.3 is 0 Å². The highest BCUT2D eigenvalue weighted by molar-refractivity contribution is 7.10. The zero-order chi connectivity index (χ0) is 5.66. The SMILES string of the molecule is C1=C[SiH2][SiH2]C=C[SiH2][SiH2]1. The summed E-state index contributed by atoms with van der Waals surface area (Å²) in [5.74, 6) is 0. The largest absolute Gasteiger partial charge is 0.113 e. The lowest BCUT2D eigenvalue weighted by atomic mass is 11.2. The first-order valence-electron chi connectivity index (χ1n) is 3.30. The number of rotatable bonds is 0. The van der Waals surface area contributed by atoms with Crippen LogP contribution in [0.4, 0.5) is 0 Å². The molecule has 1 aliphatic rings. The van der Waals surface area contributed by atoms with E-state index in [0.717, 1.165) is 0 Å². The fourth-order valence-electron chi connectivity index (χ4n) is 0.856. The molecule has 0 aromatic carbocycles. The molecule has 1 heterocycles. The van der Waals surface area contributed by atoms with Crippen molar-refractivity contribution in [3.05, 3.63) is 22.8 Å². The molecule has 0 aromatic heterocycles. The topological polar surface area (TPSA) is 0 Å². The van der Waals surface area contributed by atoms with Crippen LogP contribution in [0, 0.1) is 0 Å². The first kappa shape index (κ1) is 6.47. The van der Waals surface area contributed by atoms with Gasteiger partial charge in [0.15, 0.2) is 0 Å². The van der Waals surface area contributed by atoms with Crippen molar-refractivity contribution in [1.29, 1.82) is 0 Å². The molecule has 4 heteroatoms. The molecule has 0 nitrogen and oxygen atoms in total. The quantitative estimate of drug-likeness (QED) is 0.353. The first-order chi connectivity index (χ1) is 4.00. The lowest BCUT2D eigenvalue weighted by molar-refractivity contribution is 2.38. The van der Waals surface area contributed by atoms with Crippen LogP contribution in [-0.2, 0) is 0 Å². The minimum absolute atomic E-state index is 0.380. The molecule has 0 N–H and O–H groups in total. The van der Waals surface area contributed by atoms with Crippen LogP contribution in [-0.4, -0.2) is 36.1 Å². The molecule has 0 saturated carbocycles. The van der Waals surface area contributed by atoms with Gasteiger partial charge in [-0.25, -0.2) is 0 Å². The maximum atomic E-state index is 2.56. The highest BCUT2D eigenvalue weighted by Gasteiger charge is 1.84. The monoisotopic (exact) mass is 172 g/mol. The van der Waals surface area contributed by atoms with Crippen LogP contribution in [0.1, 0.15) is 0 Å². The van der Waals surface area contributed by atoms with Gasteiger partial charge in [-0.2, -0.15) is 0 Å². The molecule has 0 aromatic rings. The number of hydrogen-bond donors (Lipinski definition) is 0. The van der Waals surface area contributed by atoms with Crippen LogP contribution in [0.15, 0.2) is 22.8 Å². The second-order valence-corrected chi connectivity index (χ2v) is 13.2. The van der Waals surface area contributed by atoms with E-state index in [1.165, 1.54) is 0 Å². The molecule has 0 atom stereocenters. The maximum absolute atomic E-state index is 2.56. The number of hydrogen-bond acceptors (Lipinski definition) is 0. The van der Waals surface area contributed by atoms with Gasteiger partial charge in [-0.15, -0.1) is 22.8 Å². The van der Waals surface area contributed by atoms with Crippen LogP contribution >= 0.6 is 0 Å². The van der Waals surface area contributed by atoms with E-state index in [0.29, 0.717) is 36.1 Å². The van der Waals surface area contributed by atoms with E-state index in [2.05, 4.69) is 22.8 Å². The second kappa shape index (κ2) is 4.25. The Balaban J connectivity index is 2.29. The Bertz CT molecular complexity index is 80.6. The van der Waals surface area contributed by atoms with E-state index in [-0.39, 0.29) is 0 Å². The summed E-state index contributed by atoms with van der Waals surface area (Å²) in [6.07, 6.45) is 0. The van der Waals surface area contributed by atoms with Gasteiger partial charge in [-0.05, 0) is 0 Å². The van der Waals surface area contributed by atoms with E-state index in [4.69, 9.17) is 0 Å². The van der Waals surface area contributed by atoms with Crippen LogP contribution in [0.5, 0.6) is 0 Å². The third-order valence-electron chi connectivity index (χ3n) is 1.33. The van der Waals surface area contributed by atoms with Gasteiger partial charge in [0, 0.05) is 36.1 Å². The van der Waals surface area contributed by atoms with Gasteiger partial charge in [-0.3, -0.25) is 0 Å². The minimum Gasteiger partial charge on any atom is -0.113 e. The molecule has 0 fully saturated rings. The third kappa shape index (κ3) is 2.60. The smallest absolute Gasteiger partial charge is 0.0368 e. The third-order valence-corrected chi connectivity index (χ3v) is 12.0. The normalized spacial score (nSPS) is 32.0. The molecule has 0 radical (unpaired) electrons. The predicted molar refractivity (Wildman–Crippen MR) is 52.5 cm³/mol. The summed E-state index contributed by atoms with van der Waals surface area (Å²) in [6.45, 7) is 0. The molecule has 0 amide bonds. The Hall–Kier alpha value is 0.348. The molecule has 0 bridgehead atoms. The van der Waals surface area contributed by atoms with Crippen molar-refractivity contribution < 1.29 is 0 Å². The van der Waals surface area contributed by atoms with Crippen molar-refractivity contribution in [2.24, 2.45) is 0 Å². The van der Waals surface area contributed by atoms with E-state index < -0.39 is 0 Å². The van der Waals surface area contributed by atoms with Crippen LogP contribution in [0.2, 0.25) is 0 Å². The molecule has 0 unspecified atom stereocenters. The van der Waals surface area contributed by atoms with E-state index in [1.807, 2.05) is 0 Å². The van der Waals surface area contributed by atoms with E-state index in [9.17, 15) is 0 Å². The summed E-state index contributed by atoms with van der Waals surface area (Å²) >= 11 is 0. The van der Waals surface area contributed by atoms with Gasteiger partial charge in [0.05, 0.1) is 0 Å². The molecule has 8 heavy (non-hydrogen) atoms. The standard InChI is InChI=1S/C4H12Si4/c1-2-6-8-4-3-7-5-1/h1-4H,5-8H2. The Morgan fingerprint density at radius 2 is 0.750 bits per heavy atom. The second-order valence-electron chi connectivity index (χ2n) is 2.10.